The van der Waals surface area contributed by atoms with Crippen molar-refractivity contribution in [1.29, 1.82) is 0 Å². The first-order chi connectivity index (χ1) is 10.1. The summed E-state index contributed by atoms with van der Waals surface area (Å²) in [5, 5.41) is 21.8. The van der Waals surface area contributed by atoms with Crippen LogP contribution < -0.4 is 10.2 Å². The standard InChI is InChI=1S/C15H18N2O4/c18-11-6-12(16-7-11)14(19)17-8-10(15(20)21)5-9-3-1-2-4-13(9)17/h1-4,10-12,16,18H,5-8H2,(H,20,21). The van der Waals surface area contributed by atoms with E-state index < -0.39 is 24.0 Å². The molecule has 2 heterocycles. The van der Waals surface area contributed by atoms with E-state index >= 15 is 0 Å². The molecule has 1 fully saturated rings. The number of benzene rings is 1. The first-order valence-electron chi connectivity index (χ1n) is 7.10. The largest absolute Gasteiger partial charge is 0.481 e. The van der Waals surface area contributed by atoms with Crippen molar-refractivity contribution in [1.82, 2.24) is 5.32 Å². The monoisotopic (exact) mass is 290 g/mol. The third kappa shape index (κ3) is 2.64. The maximum atomic E-state index is 12.6. The second-order valence-electron chi connectivity index (χ2n) is 5.67. The molecular weight excluding hydrogens is 272 g/mol. The molecule has 2 aliphatic heterocycles. The van der Waals surface area contributed by atoms with Gasteiger partial charge < -0.3 is 20.4 Å². The van der Waals surface area contributed by atoms with Crippen molar-refractivity contribution in [3.05, 3.63) is 29.8 Å². The number of amides is 1. The molecule has 21 heavy (non-hydrogen) atoms. The number of hydrogen-bond acceptors (Lipinski definition) is 4. The van der Waals surface area contributed by atoms with Crippen molar-refractivity contribution < 1.29 is 19.8 Å². The lowest BCUT2D eigenvalue weighted by atomic mass is 9.92. The van der Waals surface area contributed by atoms with Gasteiger partial charge in [-0.1, -0.05) is 18.2 Å². The number of β-amino-alcohol motifs (C(OH)–C–C–N with tert-alkyl or cyclic N) is 1. The molecule has 1 aromatic rings. The number of carboxylic acid groups (broad SMARTS) is 1. The van der Waals surface area contributed by atoms with E-state index in [9.17, 15) is 19.8 Å². The molecule has 112 valence electrons. The highest BCUT2D eigenvalue weighted by Gasteiger charge is 2.37. The molecule has 0 saturated carbocycles. The zero-order chi connectivity index (χ0) is 15.0. The average Bonchev–Trinajstić information content (AvgIpc) is 2.92. The molecule has 0 aliphatic carbocycles. The summed E-state index contributed by atoms with van der Waals surface area (Å²) in [7, 11) is 0. The predicted octanol–water partition coefficient (Wildman–Crippen LogP) is -0.000700. The minimum absolute atomic E-state index is 0.162. The van der Waals surface area contributed by atoms with Crippen LogP contribution in [0.3, 0.4) is 0 Å². The van der Waals surface area contributed by atoms with Crippen LogP contribution in [-0.4, -0.2) is 47.3 Å². The summed E-state index contributed by atoms with van der Waals surface area (Å²) in [6, 6.07) is 6.96. The third-order valence-electron chi connectivity index (χ3n) is 4.17. The minimum atomic E-state index is -0.887. The third-order valence-corrected chi connectivity index (χ3v) is 4.17. The van der Waals surface area contributed by atoms with Crippen molar-refractivity contribution in [2.24, 2.45) is 5.92 Å². The Morgan fingerprint density at radius 2 is 2.05 bits per heavy atom. The summed E-state index contributed by atoms with van der Waals surface area (Å²) in [6.45, 7) is 0.577. The van der Waals surface area contributed by atoms with E-state index in [4.69, 9.17) is 0 Å². The van der Waals surface area contributed by atoms with Gasteiger partial charge in [-0.2, -0.15) is 0 Å². The summed E-state index contributed by atoms with van der Waals surface area (Å²) in [6.07, 6.45) is 0.292. The van der Waals surface area contributed by atoms with Crippen LogP contribution in [0.4, 0.5) is 5.69 Å². The summed E-state index contributed by atoms with van der Waals surface area (Å²) in [5.74, 6) is -1.64. The number of para-hydroxylation sites is 1. The number of aliphatic hydroxyl groups is 1. The molecule has 3 unspecified atom stereocenters. The Kier molecular flexibility index (Phi) is 3.65. The molecule has 6 heteroatoms. The Morgan fingerprint density at radius 1 is 1.29 bits per heavy atom. The van der Waals surface area contributed by atoms with Crippen LogP contribution >= 0.6 is 0 Å². The Hall–Kier alpha value is -1.92. The van der Waals surface area contributed by atoms with Crippen molar-refractivity contribution in [3.63, 3.8) is 0 Å². The zero-order valence-electron chi connectivity index (χ0n) is 11.5. The topological polar surface area (TPSA) is 89.9 Å². The highest BCUT2D eigenvalue weighted by atomic mass is 16.4. The van der Waals surface area contributed by atoms with Gasteiger partial charge in [-0.25, -0.2) is 0 Å². The summed E-state index contributed by atoms with van der Waals surface area (Å²) < 4.78 is 0. The van der Waals surface area contributed by atoms with E-state index in [-0.39, 0.29) is 12.5 Å². The average molecular weight is 290 g/mol. The van der Waals surface area contributed by atoms with Gasteiger partial charge in [-0.15, -0.1) is 0 Å². The van der Waals surface area contributed by atoms with Crippen LogP contribution in [0.25, 0.3) is 0 Å². The lowest BCUT2D eigenvalue weighted by molar-refractivity contribution is -0.141. The highest BCUT2D eigenvalue weighted by Crippen LogP contribution is 2.30. The molecule has 2 aliphatic rings. The molecule has 3 atom stereocenters. The Morgan fingerprint density at radius 3 is 2.71 bits per heavy atom. The number of nitrogens with zero attached hydrogens (tertiary/aromatic N) is 1. The maximum Gasteiger partial charge on any atom is 0.308 e. The molecule has 1 aromatic carbocycles. The number of carbonyl (C=O) groups is 2. The quantitative estimate of drug-likeness (QED) is 0.713. The number of carboxylic acids is 1. The number of fused-ring (bicyclic) bond motifs is 1. The molecule has 0 bridgehead atoms. The first-order valence-corrected chi connectivity index (χ1v) is 7.10. The van der Waals surface area contributed by atoms with Crippen LogP contribution in [0.1, 0.15) is 12.0 Å². The number of rotatable bonds is 2. The lowest BCUT2D eigenvalue weighted by Gasteiger charge is -2.34. The van der Waals surface area contributed by atoms with E-state index in [1.165, 1.54) is 0 Å². The number of carbonyl (C=O) groups excluding carboxylic acids is 1. The molecule has 3 rings (SSSR count). The fourth-order valence-electron chi connectivity index (χ4n) is 3.06. The Labute approximate surface area is 122 Å². The summed E-state index contributed by atoms with van der Waals surface area (Å²) >= 11 is 0. The molecule has 0 aromatic heterocycles. The minimum Gasteiger partial charge on any atom is -0.481 e. The normalized spacial score (nSPS) is 28.2. The van der Waals surface area contributed by atoms with Crippen molar-refractivity contribution in [2.75, 3.05) is 18.0 Å². The predicted molar refractivity (Wildman–Crippen MR) is 76.0 cm³/mol. The number of nitrogens with one attached hydrogen (secondary N) is 1. The summed E-state index contributed by atoms with van der Waals surface area (Å²) in [5.41, 5.74) is 1.66. The van der Waals surface area contributed by atoms with Crippen LogP contribution in [0.2, 0.25) is 0 Å². The maximum absolute atomic E-state index is 12.6. The van der Waals surface area contributed by atoms with Crippen molar-refractivity contribution in [3.8, 4) is 0 Å². The van der Waals surface area contributed by atoms with Gasteiger partial charge >= 0.3 is 5.97 Å². The van der Waals surface area contributed by atoms with Gasteiger partial charge in [0.25, 0.3) is 0 Å². The highest BCUT2D eigenvalue weighted by molar-refractivity contribution is 5.99. The molecule has 1 amide bonds. The van der Waals surface area contributed by atoms with Gasteiger partial charge in [0.05, 0.1) is 18.1 Å². The van der Waals surface area contributed by atoms with Gasteiger partial charge in [-0.3, -0.25) is 9.59 Å². The van der Waals surface area contributed by atoms with E-state index in [0.29, 0.717) is 19.4 Å². The van der Waals surface area contributed by atoms with Gasteiger partial charge in [0, 0.05) is 18.8 Å². The van der Waals surface area contributed by atoms with E-state index in [1.54, 1.807) is 4.90 Å². The fourth-order valence-corrected chi connectivity index (χ4v) is 3.06. The van der Waals surface area contributed by atoms with Gasteiger partial charge in [0.2, 0.25) is 5.91 Å². The number of anilines is 1. The van der Waals surface area contributed by atoms with Crippen LogP contribution in [0.15, 0.2) is 24.3 Å². The Balaban J connectivity index is 1.89. The number of aliphatic hydroxyl groups excluding tert-OH is 1. The molecular formula is C15H18N2O4. The Bertz CT molecular complexity index is 575. The van der Waals surface area contributed by atoms with Crippen LogP contribution in [0.5, 0.6) is 0 Å². The second-order valence-corrected chi connectivity index (χ2v) is 5.67. The van der Waals surface area contributed by atoms with Crippen molar-refractivity contribution >= 4 is 17.6 Å². The van der Waals surface area contributed by atoms with E-state index in [2.05, 4.69) is 5.32 Å². The smallest absolute Gasteiger partial charge is 0.308 e. The molecule has 6 nitrogen and oxygen atoms in total. The first kappa shape index (κ1) is 14.0. The van der Waals surface area contributed by atoms with Gasteiger partial charge in [0.15, 0.2) is 0 Å². The van der Waals surface area contributed by atoms with Gasteiger partial charge in [-0.05, 0) is 24.5 Å². The lowest BCUT2D eigenvalue weighted by Crippen LogP contribution is -2.49. The van der Waals surface area contributed by atoms with E-state index in [1.807, 2.05) is 24.3 Å². The molecule has 3 N–H and O–H groups in total. The van der Waals surface area contributed by atoms with E-state index in [0.717, 1.165) is 11.3 Å². The zero-order valence-corrected chi connectivity index (χ0v) is 11.5. The SMILES string of the molecule is O=C(O)C1Cc2ccccc2N(C(=O)C2CC(O)CN2)C1. The fraction of sp³-hybridized carbons (Fsp3) is 0.467. The molecule has 0 radical (unpaired) electrons. The summed E-state index contributed by atoms with van der Waals surface area (Å²) in [4.78, 5) is 25.5. The molecule has 1 saturated heterocycles. The number of aliphatic carboxylic acids is 1. The molecule has 0 spiro atoms. The van der Waals surface area contributed by atoms with Gasteiger partial charge in [0.1, 0.15) is 0 Å². The second kappa shape index (κ2) is 5.46. The van der Waals surface area contributed by atoms with Crippen LogP contribution in [0, 0.1) is 5.92 Å². The van der Waals surface area contributed by atoms with Crippen LogP contribution in [-0.2, 0) is 16.0 Å². The number of hydrogen-bond donors (Lipinski definition) is 3. The van der Waals surface area contributed by atoms with Crippen molar-refractivity contribution in [2.45, 2.75) is 25.0 Å².